The highest BCUT2D eigenvalue weighted by molar-refractivity contribution is 5.89. The molecule has 27 heavy (non-hydrogen) atoms. The molecule has 0 aliphatic heterocycles. The van der Waals surface area contributed by atoms with E-state index in [1.807, 2.05) is 6.92 Å². The van der Waals surface area contributed by atoms with E-state index in [1.165, 1.54) is 7.11 Å². The second-order valence-electron chi connectivity index (χ2n) is 5.94. The highest BCUT2D eigenvalue weighted by Crippen LogP contribution is 2.38. The Bertz CT molecular complexity index is 1170. The Morgan fingerprint density at radius 3 is 2.67 bits per heavy atom. The minimum Gasteiger partial charge on any atom is -0.493 e. The lowest BCUT2D eigenvalue weighted by Crippen LogP contribution is -1.96. The third kappa shape index (κ3) is 2.93. The summed E-state index contributed by atoms with van der Waals surface area (Å²) in [6.45, 7) is 2.17. The first-order valence-corrected chi connectivity index (χ1v) is 8.13. The standard InChI is InChI=1S/C20H15FN2O4/c1-11-7-13-14(23-11)3-4-17(20(13)21)27-16-5-6-22-15-9-18(25-2)19(26-10-24)8-12(15)16/h3-10,23H,1-2H3. The first-order chi connectivity index (χ1) is 13.1. The number of benzene rings is 2. The largest absolute Gasteiger partial charge is 0.493 e. The number of halogens is 1. The van der Waals surface area contributed by atoms with Gasteiger partial charge in [-0.15, -0.1) is 0 Å². The van der Waals surface area contributed by atoms with Gasteiger partial charge in [-0.2, -0.15) is 0 Å². The summed E-state index contributed by atoms with van der Waals surface area (Å²) in [5.41, 5.74) is 2.11. The van der Waals surface area contributed by atoms with Crippen molar-refractivity contribution in [3.05, 3.63) is 54.1 Å². The maximum atomic E-state index is 14.8. The molecule has 0 saturated heterocycles. The van der Waals surface area contributed by atoms with Crippen molar-refractivity contribution >= 4 is 28.3 Å². The summed E-state index contributed by atoms with van der Waals surface area (Å²) in [6, 6.07) is 9.85. The molecule has 0 fully saturated rings. The number of aromatic amines is 1. The molecule has 0 aliphatic carbocycles. The van der Waals surface area contributed by atoms with Crippen LogP contribution >= 0.6 is 0 Å². The molecule has 0 unspecified atom stereocenters. The van der Waals surface area contributed by atoms with E-state index in [-0.39, 0.29) is 11.5 Å². The topological polar surface area (TPSA) is 73.4 Å². The minimum atomic E-state index is -0.459. The van der Waals surface area contributed by atoms with Gasteiger partial charge in [0.1, 0.15) is 5.75 Å². The molecular formula is C20H15FN2O4. The maximum absolute atomic E-state index is 14.8. The number of pyridine rings is 1. The summed E-state index contributed by atoms with van der Waals surface area (Å²) in [4.78, 5) is 18.1. The number of aromatic nitrogens is 2. The Balaban J connectivity index is 1.83. The summed E-state index contributed by atoms with van der Waals surface area (Å²) in [6.07, 6.45) is 1.55. The average molecular weight is 366 g/mol. The monoisotopic (exact) mass is 366 g/mol. The van der Waals surface area contributed by atoms with Crippen LogP contribution in [0.2, 0.25) is 0 Å². The predicted molar refractivity (Wildman–Crippen MR) is 98.1 cm³/mol. The van der Waals surface area contributed by atoms with Crippen LogP contribution in [0.1, 0.15) is 5.69 Å². The fourth-order valence-electron chi connectivity index (χ4n) is 3.01. The maximum Gasteiger partial charge on any atom is 0.298 e. The lowest BCUT2D eigenvalue weighted by molar-refractivity contribution is -0.120. The zero-order valence-electron chi connectivity index (χ0n) is 14.6. The zero-order chi connectivity index (χ0) is 19.0. The summed E-state index contributed by atoms with van der Waals surface area (Å²) >= 11 is 0. The zero-order valence-corrected chi connectivity index (χ0v) is 14.6. The fraction of sp³-hybridized carbons (Fsp3) is 0.100. The molecule has 0 radical (unpaired) electrons. The molecule has 0 atom stereocenters. The molecule has 0 aliphatic rings. The number of nitrogens with one attached hydrogen (secondary N) is 1. The molecule has 2 heterocycles. The van der Waals surface area contributed by atoms with Crippen molar-refractivity contribution < 1.29 is 23.4 Å². The highest BCUT2D eigenvalue weighted by atomic mass is 19.1. The van der Waals surface area contributed by atoms with Crippen LogP contribution in [-0.4, -0.2) is 23.5 Å². The van der Waals surface area contributed by atoms with Crippen LogP contribution in [0.4, 0.5) is 4.39 Å². The van der Waals surface area contributed by atoms with E-state index < -0.39 is 5.82 Å². The summed E-state index contributed by atoms with van der Waals surface area (Å²) in [7, 11) is 1.46. The molecule has 136 valence electrons. The van der Waals surface area contributed by atoms with Crippen LogP contribution in [0, 0.1) is 12.7 Å². The molecule has 0 spiro atoms. The van der Waals surface area contributed by atoms with Gasteiger partial charge >= 0.3 is 0 Å². The quantitative estimate of drug-likeness (QED) is 0.527. The van der Waals surface area contributed by atoms with Gasteiger partial charge in [-0.1, -0.05) is 0 Å². The Morgan fingerprint density at radius 2 is 1.89 bits per heavy atom. The third-order valence-corrected chi connectivity index (χ3v) is 4.22. The van der Waals surface area contributed by atoms with E-state index in [4.69, 9.17) is 14.2 Å². The van der Waals surface area contributed by atoms with Crippen LogP contribution < -0.4 is 14.2 Å². The summed E-state index contributed by atoms with van der Waals surface area (Å²) < 4.78 is 30.8. The van der Waals surface area contributed by atoms with Gasteiger partial charge in [-0.3, -0.25) is 9.78 Å². The van der Waals surface area contributed by atoms with E-state index in [1.54, 1.807) is 42.6 Å². The minimum absolute atomic E-state index is 0.0858. The number of methoxy groups -OCH3 is 1. The molecule has 0 amide bonds. The lowest BCUT2D eigenvalue weighted by Gasteiger charge is -2.12. The van der Waals surface area contributed by atoms with Gasteiger partial charge < -0.3 is 19.2 Å². The van der Waals surface area contributed by atoms with Gasteiger partial charge in [0, 0.05) is 34.2 Å². The highest BCUT2D eigenvalue weighted by Gasteiger charge is 2.15. The second-order valence-corrected chi connectivity index (χ2v) is 5.94. The molecule has 4 rings (SSSR count). The first-order valence-electron chi connectivity index (χ1n) is 8.13. The van der Waals surface area contributed by atoms with E-state index in [9.17, 15) is 9.18 Å². The predicted octanol–water partition coefficient (Wildman–Crippen LogP) is 4.50. The van der Waals surface area contributed by atoms with Gasteiger partial charge in [0.25, 0.3) is 6.47 Å². The number of H-pyrrole nitrogens is 1. The number of hydrogen-bond donors (Lipinski definition) is 1. The normalized spacial score (nSPS) is 10.9. The van der Waals surface area contributed by atoms with E-state index in [0.717, 1.165) is 5.69 Å². The van der Waals surface area contributed by atoms with Gasteiger partial charge in [0.15, 0.2) is 23.1 Å². The first kappa shape index (κ1) is 16.8. The molecule has 0 bridgehead atoms. The fourth-order valence-corrected chi connectivity index (χ4v) is 3.01. The van der Waals surface area contributed by atoms with Crippen molar-refractivity contribution in [2.75, 3.05) is 7.11 Å². The molecule has 7 heteroatoms. The van der Waals surface area contributed by atoms with E-state index in [2.05, 4.69) is 9.97 Å². The molecule has 2 aromatic carbocycles. The number of rotatable bonds is 5. The Labute approximate surface area is 153 Å². The van der Waals surface area contributed by atoms with Crippen LogP contribution in [0.5, 0.6) is 23.0 Å². The molecule has 1 N–H and O–H groups in total. The Morgan fingerprint density at radius 1 is 1.04 bits per heavy atom. The van der Waals surface area contributed by atoms with Crippen molar-refractivity contribution in [2.24, 2.45) is 0 Å². The third-order valence-electron chi connectivity index (χ3n) is 4.22. The van der Waals surface area contributed by atoms with Crippen molar-refractivity contribution in [3.8, 4) is 23.0 Å². The van der Waals surface area contributed by atoms with Crippen molar-refractivity contribution in [2.45, 2.75) is 6.92 Å². The van der Waals surface area contributed by atoms with Crippen molar-refractivity contribution in [1.82, 2.24) is 9.97 Å². The average Bonchev–Trinajstić information content (AvgIpc) is 3.05. The smallest absolute Gasteiger partial charge is 0.298 e. The molecule has 4 aromatic rings. The summed E-state index contributed by atoms with van der Waals surface area (Å²) in [5.74, 6) is 0.580. The van der Waals surface area contributed by atoms with Gasteiger partial charge in [0.2, 0.25) is 0 Å². The van der Waals surface area contributed by atoms with Crippen molar-refractivity contribution in [3.63, 3.8) is 0 Å². The number of aryl methyl sites for hydroxylation is 1. The summed E-state index contributed by atoms with van der Waals surface area (Å²) in [5, 5.41) is 1.01. The Hall–Kier alpha value is -3.61. The second kappa shape index (κ2) is 6.60. The number of fused-ring (bicyclic) bond motifs is 2. The molecule has 6 nitrogen and oxygen atoms in total. The number of hydrogen-bond acceptors (Lipinski definition) is 5. The van der Waals surface area contributed by atoms with Crippen molar-refractivity contribution in [1.29, 1.82) is 0 Å². The SMILES string of the molecule is COc1cc2nccc(Oc3ccc4[nH]c(C)cc4c3F)c2cc1OC=O. The molecule has 2 aromatic heterocycles. The number of ether oxygens (including phenoxy) is 3. The molecule has 0 saturated carbocycles. The van der Waals surface area contributed by atoms with E-state index >= 15 is 0 Å². The van der Waals surface area contributed by atoms with Crippen LogP contribution in [0.25, 0.3) is 21.8 Å². The number of carbonyl (C=O) groups excluding carboxylic acids is 1. The van der Waals surface area contributed by atoms with Gasteiger partial charge in [-0.25, -0.2) is 4.39 Å². The number of carbonyl (C=O) groups is 1. The number of nitrogens with zero attached hydrogens (tertiary/aromatic N) is 1. The van der Waals surface area contributed by atoms with Gasteiger partial charge in [-0.05, 0) is 37.3 Å². The Kier molecular flexibility index (Phi) is 4.12. The lowest BCUT2D eigenvalue weighted by atomic mass is 10.1. The van der Waals surface area contributed by atoms with Gasteiger partial charge in [0.05, 0.1) is 12.6 Å². The van der Waals surface area contributed by atoms with Crippen LogP contribution in [0.15, 0.2) is 42.6 Å². The van der Waals surface area contributed by atoms with E-state index in [0.29, 0.717) is 39.8 Å². The van der Waals surface area contributed by atoms with Crippen LogP contribution in [-0.2, 0) is 4.79 Å². The molecular weight excluding hydrogens is 351 g/mol. The van der Waals surface area contributed by atoms with Crippen LogP contribution in [0.3, 0.4) is 0 Å².